The first-order valence-corrected chi connectivity index (χ1v) is 5.94. The summed E-state index contributed by atoms with van der Waals surface area (Å²) in [6.07, 6.45) is 0. The Labute approximate surface area is 101 Å². The molecule has 0 unspecified atom stereocenters. The van der Waals surface area contributed by atoms with Gasteiger partial charge in [0, 0.05) is 24.2 Å². The molecule has 1 aromatic heterocycles. The predicted octanol–water partition coefficient (Wildman–Crippen LogP) is 2.37. The van der Waals surface area contributed by atoms with Crippen LogP contribution in [-0.4, -0.2) is 23.1 Å². The number of benzene rings is 1. The molecule has 4 heteroatoms. The molecule has 90 valence electrons. The number of rotatable bonds is 3. The van der Waals surface area contributed by atoms with Crippen molar-refractivity contribution in [3.63, 3.8) is 0 Å². The molecule has 0 fully saturated rings. The fourth-order valence-electron chi connectivity index (χ4n) is 2.01. The summed E-state index contributed by atoms with van der Waals surface area (Å²) in [5.74, 6) is 1.77. The number of aromatic nitrogens is 2. The van der Waals surface area contributed by atoms with Gasteiger partial charge in [-0.2, -0.15) is 0 Å². The van der Waals surface area contributed by atoms with Crippen molar-refractivity contribution in [2.75, 3.05) is 23.7 Å². The van der Waals surface area contributed by atoms with E-state index in [1.807, 2.05) is 25.1 Å². The van der Waals surface area contributed by atoms with E-state index in [4.69, 9.17) is 5.73 Å². The highest BCUT2D eigenvalue weighted by molar-refractivity contribution is 5.91. The fourth-order valence-corrected chi connectivity index (χ4v) is 2.01. The van der Waals surface area contributed by atoms with Crippen LogP contribution in [0.4, 0.5) is 11.5 Å². The molecule has 0 amide bonds. The van der Waals surface area contributed by atoms with Gasteiger partial charge in [0.25, 0.3) is 0 Å². The highest BCUT2D eigenvalue weighted by Gasteiger charge is 2.10. The van der Waals surface area contributed by atoms with E-state index in [1.165, 1.54) is 0 Å². The second-order valence-electron chi connectivity index (χ2n) is 4.04. The Bertz CT molecular complexity index is 532. The zero-order valence-corrected chi connectivity index (χ0v) is 10.6. The summed E-state index contributed by atoms with van der Waals surface area (Å²) in [7, 11) is 0. The van der Waals surface area contributed by atoms with Crippen LogP contribution in [0.25, 0.3) is 10.9 Å². The molecule has 0 aliphatic carbocycles. The van der Waals surface area contributed by atoms with E-state index in [9.17, 15) is 0 Å². The summed E-state index contributed by atoms with van der Waals surface area (Å²) in [5.41, 5.74) is 7.54. The molecule has 0 aliphatic heterocycles. The Morgan fingerprint density at radius 2 is 1.88 bits per heavy atom. The molecule has 0 atom stereocenters. The van der Waals surface area contributed by atoms with Crippen LogP contribution in [0.1, 0.15) is 19.7 Å². The van der Waals surface area contributed by atoms with Gasteiger partial charge in [-0.3, -0.25) is 0 Å². The minimum absolute atomic E-state index is 0.748. The Balaban J connectivity index is 2.71. The SMILES string of the molecule is CCN(CC)c1nc(C)nc2ccc(N)cc12. The van der Waals surface area contributed by atoms with Gasteiger partial charge in [-0.25, -0.2) is 9.97 Å². The summed E-state index contributed by atoms with van der Waals surface area (Å²) >= 11 is 0. The molecule has 0 aliphatic rings. The number of anilines is 2. The van der Waals surface area contributed by atoms with Gasteiger partial charge in [0.1, 0.15) is 11.6 Å². The number of nitrogens with zero attached hydrogens (tertiary/aromatic N) is 3. The molecular formula is C13H18N4. The quantitative estimate of drug-likeness (QED) is 0.822. The third-order valence-electron chi connectivity index (χ3n) is 2.87. The largest absolute Gasteiger partial charge is 0.399 e. The summed E-state index contributed by atoms with van der Waals surface area (Å²) in [6.45, 7) is 8.02. The lowest BCUT2D eigenvalue weighted by molar-refractivity contribution is 0.843. The first-order chi connectivity index (χ1) is 8.15. The lowest BCUT2D eigenvalue weighted by Gasteiger charge is -2.21. The standard InChI is InChI=1S/C13H18N4/c1-4-17(5-2)13-11-8-10(14)6-7-12(11)15-9(3)16-13/h6-8H,4-5,14H2,1-3H3. The van der Waals surface area contributed by atoms with E-state index in [0.29, 0.717) is 0 Å². The van der Waals surface area contributed by atoms with Gasteiger partial charge in [0.05, 0.1) is 5.52 Å². The molecule has 1 aromatic carbocycles. The van der Waals surface area contributed by atoms with Crippen molar-refractivity contribution < 1.29 is 0 Å². The lowest BCUT2D eigenvalue weighted by atomic mass is 10.2. The Morgan fingerprint density at radius 1 is 1.18 bits per heavy atom. The number of hydrogen-bond donors (Lipinski definition) is 1. The molecule has 1 heterocycles. The van der Waals surface area contributed by atoms with Gasteiger partial charge >= 0.3 is 0 Å². The van der Waals surface area contributed by atoms with Crippen molar-refractivity contribution in [1.29, 1.82) is 0 Å². The Hall–Kier alpha value is -1.84. The second kappa shape index (κ2) is 4.57. The maximum Gasteiger partial charge on any atom is 0.140 e. The Kier molecular flexibility index (Phi) is 3.13. The van der Waals surface area contributed by atoms with E-state index in [2.05, 4.69) is 28.7 Å². The molecule has 0 saturated heterocycles. The summed E-state index contributed by atoms with van der Waals surface area (Å²) in [6, 6.07) is 5.77. The molecule has 0 radical (unpaired) electrons. The van der Waals surface area contributed by atoms with Crippen molar-refractivity contribution in [2.45, 2.75) is 20.8 Å². The van der Waals surface area contributed by atoms with E-state index in [0.717, 1.165) is 41.3 Å². The first kappa shape index (κ1) is 11.6. The molecule has 2 aromatic rings. The van der Waals surface area contributed by atoms with Crippen LogP contribution in [-0.2, 0) is 0 Å². The van der Waals surface area contributed by atoms with Crippen LogP contribution in [0.15, 0.2) is 18.2 Å². The van der Waals surface area contributed by atoms with Crippen molar-refractivity contribution in [1.82, 2.24) is 9.97 Å². The van der Waals surface area contributed by atoms with Crippen molar-refractivity contribution in [2.24, 2.45) is 0 Å². The first-order valence-electron chi connectivity index (χ1n) is 5.94. The second-order valence-corrected chi connectivity index (χ2v) is 4.04. The van der Waals surface area contributed by atoms with Gasteiger partial charge in [-0.1, -0.05) is 0 Å². The molecule has 2 N–H and O–H groups in total. The fraction of sp³-hybridized carbons (Fsp3) is 0.385. The van der Waals surface area contributed by atoms with Crippen LogP contribution in [0, 0.1) is 6.92 Å². The molecule has 0 spiro atoms. The lowest BCUT2D eigenvalue weighted by Crippen LogP contribution is -2.23. The normalized spacial score (nSPS) is 10.8. The number of aryl methyl sites for hydroxylation is 1. The van der Waals surface area contributed by atoms with Gasteiger partial charge < -0.3 is 10.6 Å². The zero-order valence-electron chi connectivity index (χ0n) is 10.6. The van der Waals surface area contributed by atoms with Gasteiger partial charge in [-0.15, -0.1) is 0 Å². The summed E-state index contributed by atoms with van der Waals surface area (Å²) < 4.78 is 0. The van der Waals surface area contributed by atoms with E-state index >= 15 is 0 Å². The Morgan fingerprint density at radius 3 is 2.53 bits per heavy atom. The maximum atomic E-state index is 5.84. The van der Waals surface area contributed by atoms with Crippen LogP contribution < -0.4 is 10.6 Å². The molecule has 4 nitrogen and oxygen atoms in total. The van der Waals surface area contributed by atoms with Gasteiger partial charge in [-0.05, 0) is 39.0 Å². The average Bonchev–Trinajstić information content (AvgIpc) is 2.31. The highest BCUT2D eigenvalue weighted by Crippen LogP contribution is 2.25. The number of nitrogens with two attached hydrogens (primary N) is 1. The molecular weight excluding hydrogens is 212 g/mol. The maximum absolute atomic E-state index is 5.84. The summed E-state index contributed by atoms with van der Waals surface area (Å²) in [4.78, 5) is 11.2. The van der Waals surface area contributed by atoms with Crippen LogP contribution in [0.5, 0.6) is 0 Å². The molecule has 17 heavy (non-hydrogen) atoms. The average molecular weight is 230 g/mol. The molecule has 0 bridgehead atoms. The van der Waals surface area contributed by atoms with Crippen molar-refractivity contribution >= 4 is 22.4 Å². The van der Waals surface area contributed by atoms with Crippen LogP contribution >= 0.6 is 0 Å². The zero-order chi connectivity index (χ0) is 12.4. The third kappa shape index (κ3) is 2.16. The topological polar surface area (TPSA) is 55.0 Å². The van der Waals surface area contributed by atoms with Gasteiger partial charge in [0.15, 0.2) is 0 Å². The highest BCUT2D eigenvalue weighted by atomic mass is 15.2. The molecule has 2 rings (SSSR count). The third-order valence-corrected chi connectivity index (χ3v) is 2.87. The minimum atomic E-state index is 0.748. The molecule has 0 saturated carbocycles. The van der Waals surface area contributed by atoms with Crippen molar-refractivity contribution in [3.8, 4) is 0 Å². The minimum Gasteiger partial charge on any atom is -0.399 e. The smallest absolute Gasteiger partial charge is 0.140 e. The van der Waals surface area contributed by atoms with Crippen LogP contribution in [0.3, 0.4) is 0 Å². The number of hydrogen-bond acceptors (Lipinski definition) is 4. The number of nitrogen functional groups attached to an aromatic ring is 1. The number of fused-ring (bicyclic) bond motifs is 1. The van der Waals surface area contributed by atoms with E-state index in [1.54, 1.807) is 0 Å². The predicted molar refractivity (Wildman–Crippen MR) is 72.2 cm³/mol. The monoisotopic (exact) mass is 230 g/mol. The summed E-state index contributed by atoms with van der Waals surface area (Å²) in [5, 5.41) is 1.03. The van der Waals surface area contributed by atoms with Crippen LogP contribution in [0.2, 0.25) is 0 Å². The van der Waals surface area contributed by atoms with E-state index < -0.39 is 0 Å². The van der Waals surface area contributed by atoms with Gasteiger partial charge in [0.2, 0.25) is 0 Å². The van der Waals surface area contributed by atoms with E-state index in [-0.39, 0.29) is 0 Å². The van der Waals surface area contributed by atoms with Crippen molar-refractivity contribution in [3.05, 3.63) is 24.0 Å².